The largest absolute Gasteiger partial charge is 0.497 e. The molecule has 2 heterocycles. The first kappa shape index (κ1) is 17.8. The average Bonchev–Trinajstić information content (AvgIpc) is 3.28. The number of esters is 1. The molecule has 0 N–H and O–H groups in total. The molecule has 2 aliphatic rings. The number of fused-ring (bicyclic) bond motifs is 2. The number of nitrogens with zero attached hydrogens (tertiary/aromatic N) is 1. The Morgan fingerprint density at radius 3 is 2.45 bits per heavy atom. The molecular weight excluding hydrogens is 390 g/mol. The molecule has 29 heavy (non-hydrogen) atoms. The van der Waals surface area contributed by atoms with Gasteiger partial charge in [-0.05, 0) is 35.9 Å². The zero-order chi connectivity index (χ0) is 20.0. The molecule has 3 aromatic rings. The Bertz CT molecular complexity index is 1120. The van der Waals surface area contributed by atoms with E-state index in [0.29, 0.717) is 22.0 Å². The highest BCUT2D eigenvalue weighted by molar-refractivity contribution is 6.30. The Hall–Kier alpha value is -3.31. The van der Waals surface area contributed by atoms with E-state index < -0.39 is 17.5 Å². The van der Waals surface area contributed by atoms with Gasteiger partial charge in [-0.1, -0.05) is 59.2 Å². The smallest absolute Gasteiger partial charge is 0.364 e. The van der Waals surface area contributed by atoms with Crippen LogP contribution in [-0.4, -0.2) is 18.8 Å². The minimum Gasteiger partial charge on any atom is -0.497 e. The summed E-state index contributed by atoms with van der Waals surface area (Å²) < 4.78 is 10.8. The second-order valence-corrected chi connectivity index (χ2v) is 7.34. The van der Waals surface area contributed by atoms with Gasteiger partial charge in [0.15, 0.2) is 0 Å². The number of carbonyl (C=O) groups excluding carboxylic acids is 1. The van der Waals surface area contributed by atoms with Gasteiger partial charge in [0.05, 0.1) is 24.3 Å². The third-order valence-electron chi connectivity index (χ3n) is 5.35. The molecule has 0 unspecified atom stereocenters. The molecule has 6 heteroatoms. The number of methoxy groups -OCH3 is 1. The topological polar surface area (TPSA) is 57.1 Å². The van der Waals surface area contributed by atoms with E-state index in [-0.39, 0.29) is 0 Å². The van der Waals surface area contributed by atoms with Gasteiger partial charge in [0, 0.05) is 10.6 Å². The summed E-state index contributed by atoms with van der Waals surface area (Å²) in [4.78, 5) is 19.0. The van der Waals surface area contributed by atoms with Crippen LogP contribution >= 0.6 is 11.6 Å². The minimum atomic E-state index is -1.37. The number of halogens is 1. The fraction of sp³-hybridized carbons (Fsp3) is 0.130. The van der Waals surface area contributed by atoms with Gasteiger partial charge >= 0.3 is 5.97 Å². The molecule has 3 aromatic carbocycles. The summed E-state index contributed by atoms with van der Waals surface area (Å²) in [6.45, 7) is 0. The van der Waals surface area contributed by atoms with Gasteiger partial charge in [-0.25, -0.2) is 4.79 Å². The Morgan fingerprint density at radius 1 is 1.00 bits per heavy atom. The number of hydrogen-bond donors (Lipinski definition) is 0. The van der Waals surface area contributed by atoms with Crippen LogP contribution < -0.4 is 9.47 Å². The summed E-state index contributed by atoms with van der Waals surface area (Å²) in [6, 6.07) is 22.1. The van der Waals surface area contributed by atoms with E-state index in [2.05, 4.69) is 5.16 Å². The maximum Gasteiger partial charge on any atom is 0.364 e. The standard InChI is InChI=1S/C23H16ClNO4/c1-27-17-12-8-14(9-13-17)20-21(15-6-10-16(24)11-7-15)25-29-23(20)18-4-2-3-5-19(18)28-22(23)26/h2-13,20H,1H3/t20-,23+/m0/s1. The predicted octanol–water partition coefficient (Wildman–Crippen LogP) is 4.68. The van der Waals surface area contributed by atoms with Gasteiger partial charge in [0.1, 0.15) is 11.5 Å². The van der Waals surface area contributed by atoms with E-state index in [1.807, 2.05) is 54.6 Å². The van der Waals surface area contributed by atoms with Crippen molar-refractivity contribution in [2.75, 3.05) is 7.11 Å². The van der Waals surface area contributed by atoms with E-state index in [9.17, 15) is 4.79 Å². The molecule has 5 nitrogen and oxygen atoms in total. The van der Waals surface area contributed by atoms with Crippen LogP contribution in [-0.2, 0) is 15.2 Å². The van der Waals surface area contributed by atoms with Crippen molar-refractivity contribution in [1.29, 1.82) is 0 Å². The number of carbonyl (C=O) groups is 1. The maximum atomic E-state index is 13.1. The Kier molecular flexibility index (Phi) is 4.07. The average molecular weight is 406 g/mol. The van der Waals surface area contributed by atoms with Crippen LogP contribution in [0.3, 0.4) is 0 Å². The first-order valence-electron chi connectivity index (χ1n) is 9.11. The summed E-state index contributed by atoms with van der Waals surface area (Å²) in [5.41, 5.74) is 1.62. The predicted molar refractivity (Wildman–Crippen MR) is 109 cm³/mol. The van der Waals surface area contributed by atoms with Gasteiger partial charge in [-0.15, -0.1) is 0 Å². The molecule has 0 amide bonds. The Morgan fingerprint density at radius 2 is 1.72 bits per heavy atom. The van der Waals surface area contributed by atoms with Crippen LogP contribution in [0.2, 0.25) is 5.02 Å². The van der Waals surface area contributed by atoms with Crippen LogP contribution in [0, 0.1) is 0 Å². The number of rotatable bonds is 3. The van der Waals surface area contributed by atoms with E-state index >= 15 is 0 Å². The lowest BCUT2D eigenvalue weighted by Gasteiger charge is -2.26. The van der Waals surface area contributed by atoms with Crippen molar-refractivity contribution in [1.82, 2.24) is 0 Å². The van der Waals surface area contributed by atoms with Crippen LogP contribution in [0.15, 0.2) is 78.0 Å². The highest BCUT2D eigenvalue weighted by Crippen LogP contribution is 2.53. The molecule has 5 rings (SSSR count). The van der Waals surface area contributed by atoms with Crippen LogP contribution in [0.1, 0.15) is 22.6 Å². The third kappa shape index (κ3) is 2.62. The SMILES string of the molecule is COc1ccc([C@H]2C(c3ccc(Cl)cc3)=NO[C@@]23C(=O)Oc2ccccc23)cc1. The summed E-state index contributed by atoms with van der Waals surface area (Å²) >= 11 is 6.06. The lowest BCUT2D eigenvalue weighted by atomic mass is 9.74. The molecule has 1 spiro atoms. The molecule has 144 valence electrons. The van der Waals surface area contributed by atoms with E-state index in [4.69, 9.17) is 25.9 Å². The van der Waals surface area contributed by atoms with E-state index in [0.717, 1.165) is 16.9 Å². The highest BCUT2D eigenvalue weighted by Gasteiger charge is 2.63. The van der Waals surface area contributed by atoms with Crippen molar-refractivity contribution in [3.05, 3.63) is 94.5 Å². The van der Waals surface area contributed by atoms with Crippen LogP contribution in [0.4, 0.5) is 0 Å². The number of ether oxygens (including phenoxy) is 2. The molecule has 2 aliphatic heterocycles. The van der Waals surface area contributed by atoms with Gasteiger partial charge < -0.3 is 14.3 Å². The molecule has 0 radical (unpaired) electrons. The molecule has 0 fully saturated rings. The molecule has 0 bridgehead atoms. The second kappa shape index (κ2) is 6.64. The van der Waals surface area contributed by atoms with Crippen molar-refractivity contribution in [3.8, 4) is 11.5 Å². The molecule has 0 saturated heterocycles. The van der Waals surface area contributed by atoms with Crippen molar-refractivity contribution in [2.45, 2.75) is 11.5 Å². The summed E-state index contributed by atoms with van der Waals surface area (Å²) in [5, 5.41) is 4.98. The fourth-order valence-electron chi connectivity index (χ4n) is 3.96. The van der Waals surface area contributed by atoms with Crippen molar-refractivity contribution >= 4 is 23.3 Å². The lowest BCUT2D eigenvalue weighted by Crippen LogP contribution is -2.41. The maximum absolute atomic E-state index is 13.1. The normalized spacial score (nSPS) is 22.1. The number of para-hydroxylation sites is 1. The van der Waals surface area contributed by atoms with Crippen molar-refractivity contribution in [3.63, 3.8) is 0 Å². The van der Waals surface area contributed by atoms with Gasteiger partial charge in [0.25, 0.3) is 5.60 Å². The molecule has 0 saturated carbocycles. The van der Waals surface area contributed by atoms with Gasteiger partial charge in [0.2, 0.25) is 0 Å². The Labute approximate surface area is 172 Å². The summed E-state index contributed by atoms with van der Waals surface area (Å²) in [7, 11) is 1.61. The summed E-state index contributed by atoms with van der Waals surface area (Å²) in [5.74, 6) is 0.239. The van der Waals surface area contributed by atoms with Crippen molar-refractivity contribution < 1.29 is 19.1 Å². The number of hydrogen-bond acceptors (Lipinski definition) is 5. The first-order chi connectivity index (χ1) is 14.1. The zero-order valence-electron chi connectivity index (χ0n) is 15.5. The summed E-state index contributed by atoms with van der Waals surface area (Å²) in [6.07, 6.45) is 0. The zero-order valence-corrected chi connectivity index (χ0v) is 16.2. The van der Waals surface area contributed by atoms with Gasteiger partial charge in [-0.3, -0.25) is 0 Å². The number of oxime groups is 1. The van der Waals surface area contributed by atoms with Crippen LogP contribution in [0.5, 0.6) is 11.5 Å². The molecule has 2 atom stereocenters. The fourth-order valence-corrected chi connectivity index (χ4v) is 4.08. The third-order valence-corrected chi connectivity index (χ3v) is 5.60. The lowest BCUT2D eigenvalue weighted by molar-refractivity contribution is -0.157. The molecular formula is C23H16ClNO4. The van der Waals surface area contributed by atoms with Crippen molar-refractivity contribution in [2.24, 2.45) is 5.16 Å². The highest BCUT2D eigenvalue weighted by atomic mass is 35.5. The Balaban J connectivity index is 1.70. The van der Waals surface area contributed by atoms with E-state index in [1.54, 1.807) is 25.3 Å². The van der Waals surface area contributed by atoms with E-state index in [1.165, 1.54) is 0 Å². The van der Waals surface area contributed by atoms with Crippen LogP contribution in [0.25, 0.3) is 0 Å². The molecule has 0 aromatic heterocycles. The molecule has 0 aliphatic carbocycles. The first-order valence-corrected chi connectivity index (χ1v) is 9.49. The monoisotopic (exact) mass is 405 g/mol. The second-order valence-electron chi connectivity index (χ2n) is 6.90. The quantitative estimate of drug-likeness (QED) is 0.469. The minimum absolute atomic E-state index is 0.479. The van der Waals surface area contributed by atoms with Gasteiger partial charge in [-0.2, -0.15) is 0 Å². The number of benzene rings is 3.